The molecule has 3 aromatic carbocycles. The van der Waals surface area contributed by atoms with E-state index in [4.69, 9.17) is 0 Å². The Hall–Kier alpha value is -1.72. The molecule has 0 aromatic heterocycles. The molecular weight excluding hydrogens is 379 g/mol. The average molecular weight is 400 g/mol. The van der Waals surface area contributed by atoms with E-state index in [1.54, 1.807) is 5.56 Å². The van der Waals surface area contributed by atoms with Crippen molar-refractivity contribution in [3.8, 4) is 11.1 Å². The maximum Gasteiger partial charge on any atom is 0.00303 e. The van der Waals surface area contributed by atoms with Gasteiger partial charge in [-0.05, 0) is 58.2 Å². The van der Waals surface area contributed by atoms with Crippen molar-refractivity contribution in [3.05, 3.63) is 101 Å². The molecule has 0 saturated heterocycles. The Labute approximate surface area is 168 Å². The SMILES string of the molecule is C1=CC(CCc2cccc3c2Cc2ccccc2-3)c2ccccc21.[Zr]. The third-order valence-electron chi connectivity index (χ3n) is 5.58. The summed E-state index contributed by atoms with van der Waals surface area (Å²) in [6.07, 6.45) is 8.10. The van der Waals surface area contributed by atoms with Gasteiger partial charge in [-0.3, -0.25) is 0 Å². The van der Waals surface area contributed by atoms with E-state index in [1.165, 1.54) is 39.8 Å². The molecule has 0 spiro atoms. The zero-order valence-electron chi connectivity index (χ0n) is 14.2. The van der Waals surface area contributed by atoms with Gasteiger partial charge >= 0.3 is 0 Å². The number of rotatable bonds is 3. The van der Waals surface area contributed by atoms with Gasteiger partial charge in [0, 0.05) is 32.1 Å². The molecule has 5 rings (SSSR count). The first kappa shape index (κ1) is 16.7. The predicted molar refractivity (Wildman–Crippen MR) is 101 cm³/mol. The van der Waals surface area contributed by atoms with Crippen LogP contribution in [0.3, 0.4) is 0 Å². The van der Waals surface area contributed by atoms with Gasteiger partial charge in [-0.25, -0.2) is 0 Å². The van der Waals surface area contributed by atoms with E-state index >= 15 is 0 Å². The van der Waals surface area contributed by atoms with Crippen LogP contribution in [0.1, 0.15) is 40.2 Å². The first-order valence-corrected chi connectivity index (χ1v) is 8.86. The van der Waals surface area contributed by atoms with Gasteiger partial charge in [0.15, 0.2) is 0 Å². The molecule has 1 heteroatoms. The fraction of sp³-hybridized carbons (Fsp3) is 0.167. The quantitative estimate of drug-likeness (QED) is 0.396. The van der Waals surface area contributed by atoms with E-state index in [0.29, 0.717) is 5.92 Å². The van der Waals surface area contributed by atoms with E-state index in [1.807, 2.05) is 0 Å². The van der Waals surface area contributed by atoms with Crippen LogP contribution in [0.2, 0.25) is 0 Å². The second kappa shape index (κ2) is 6.89. The molecule has 2 aliphatic rings. The van der Waals surface area contributed by atoms with Crippen molar-refractivity contribution < 1.29 is 26.2 Å². The molecule has 0 aliphatic heterocycles. The predicted octanol–water partition coefficient (Wildman–Crippen LogP) is 6.00. The van der Waals surface area contributed by atoms with E-state index in [9.17, 15) is 0 Å². The largest absolute Gasteiger partial charge is 0.0764 e. The van der Waals surface area contributed by atoms with Crippen molar-refractivity contribution in [1.29, 1.82) is 0 Å². The minimum atomic E-state index is 0. The van der Waals surface area contributed by atoms with Gasteiger partial charge in [0.2, 0.25) is 0 Å². The molecule has 0 saturated carbocycles. The van der Waals surface area contributed by atoms with Crippen LogP contribution in [0.5, 0.6) is 0 Å². The van der Waals surface area contributed by atoms with E-state index in [2.05, 4.69) is 78.9 Å². The summed E-state index contributed by atoms with van der Waals surface area (Å²) in [5.41, 5.74) is 10.3. The molecule has 1 atom stereocenters. The summed E-state index contributed by atoms with van der Waals surface area (Å²) in [6, 6.07) is 24.5. The van der Waals surface area contributed by atoms with Gasteiger partial charge in [-0.1, -0.05) is 78.9 Å². The van der Waals surface area contributed by atoms with Crippen molar-refractivity contribution in [2.45, 2.75) is 25.2 Å². The van der Waals surface area contributed by atoms with Crippen molar-refractivity contribution in [3.63, 3.8) is 0 Å². The van der Waals surface area contributed by atoms with Crippen LogP contribution in [0.25, 0.3) is 17.2 Å². The van der Waals surface area contributed by atoms with Crippen molar-refractivity contribution >= 4 is 6.08 Å². The van der Waals surface area contributed by atoms with E-state index in [-0.39, 0.29) is 26.2 Å². The van der Waals surface area contributed by atoms with Crippen LogP contribution in [0, 0.1) is 0 Å². The Balaban J connectivity index is 0.00000157. The Bertz CT molecular complexity index is 952. The summed E-state index contributed by atoms with van der Waals surface area (Å²) in [5, 5.41) is 0. The molecule has 0 nitrogen and oxygen atoms in total. The molecule has 0 amide bonds. The average Bonchev–Trinajstić information content (AvgIpc) is 3.21. The summed E-state index contributed by atoms with van der Waals surface area (Å²) >= 11 is 0. The Morgan fingerprint density at radius 3 is 2.56 bits per heavy atom. The maximum absolute atomic E-state index is 2.38. The molecule has 25 heavy (non-hydrogen) atoms. The molecule has 0 radical (unpaired) electrons. The minimum absolute atomic E-state index is 0. The maximum atomic E-state index is 2.38. The first-order chi connectivity index (χ1) is 11.9. The number of aryl methyl sites for hydroxylation is 1. The molecule has 3 aromatic rings. The standard InChI is InChI=1S/C24H20.Zr/c1-3-9-21-17(6-1)12-14-19(21)15-13-18-8-5-11-23-22-10-4-2-7-20(22)16-24(18)23;/h1-12,14,19H,13,15-16H2;. The van der Waals surface area contributed by atoms with Crippen molar-refractivity contribution in [2.24, 2.45) is 0 Å². The van der Waals surface area contributed by atoms with Crippen LogP contribution in [-0.4, -0.2) is 0 Å². The fourth-order valence-electron chi connectivity index (χ4n) is 4.34. The second-order valence-electron chi connectivity index (χ2n) is 6.91. The second-order valence-corrected chi connectivity index (χ2v) is 6.91. The molecule has 1 unspecified atom stereocenters. The number of benzene rings is 3. The molecule has 0 bridgehead atoms. The monoisotopic (exact) mass is 398 g/mol. The number of hydrogen-bond acceptors (Lipinski definition) is 0. The summed E-state index contributed by atoms with van der Waals surface area (Å²) in [6.45, 7) is 0. The van der Waals surface area contributed by atoms with Crippen LogP contribution in [0.15, 0.2) is 72.8 Å². The van der Waals surface area contributed by atoms with Gasteiger partial charge in [-0.15, -0.1) is 0 Å². The molecule has 0 N–H and O–H groups in total. The summed E-state index contributed by atoms with van der Waals surface area (Å²) in [4.78, 5) is 0. The number of fused-ring (bicyclic) bond motifs is 4. The van der Waals surface area contributed by atoms with Gasteiger partial charge in [0.25, 0.3) is 0 Å². The Morgan fingerprint density at radius 2 is 1.60 bits per heavy atom. The smallest absolute Gasteiger partial charge is 0.00303 e. The number of allylic oxidation sites excluding steroid dienone is 1. The Morgan fingerprint density at radius 1 is 0.800 bits per heavy atom. The van der Waals surface area contributed by atoms with Crippen molar-refractivity contribution in [1.82, 2.24) is 0 Å². The normalized spacial score (nSPS) is 16.1. The van der Waals surface area contributed by atoms with Crippen LogP contribution in [0.4, 0.5) is 0 Å². The van der Waals surface area contributed by atoms with Crippen LogP contribution >= 0.6 is 0 Å². The zero-order chi connectivity index (χ0) is 15.9. The Kier molecular flexibility index (Phi) is 4.61. The van der Waals surface area contributed by atoms with Gasteiger partial charge in [0.1, 0.15) is 0 Å². The van der Waals surface area contributed by atoms with Gasteiger partial charge < -0.3 is 0 Å². The van der Waals surface area contributed by atoms with E-state index in [0.717, 1.165) is 12.8 Å². The zero-order valence-corrected chi connectivity index (χ0v) is 16.7. The van der Waals surface area contributed by atoms with Gasteiger partial charge in [-0.2, -0.15) is 0 Å². The molecule has 0 heterocycles. The molecule has 0 fully saturated rings. The van der Waals surface area contributed by atoms with Crippen molar-refractivity contribution in [2.75, 3.05) is 0 Å². The molecule has 120 valence electrons. The van der Waals surface area contributed by atoms with Crippen LogP contribution < -0.4 is 0 Å². The summed E-state index contributed by atoms with van der Waals surface area (Å²) in [7, 11) is 0. The first-order valence-electron chi connectivity index (χ1n) is 8.86. The topological polar surface area (TPSA) is 0 Å². The third kappa shape index (κ3) is 2.89. The van der Waals surface area contributed by atoms with Crippen LogP contribution in [-0.2, 0) is 39.0 Å². The molecular formula is C24H20Zr. The third-order valence-corrected chi connectivity index (χ3v) is 5.58. The fourth-order valence-corrected chi connectivity index (χ4v) is 4.34. The summed E-state index contributed by atoms with van der Waals surface area (Å²) in [5.74, 6) is 0.570. The minimum Gasteiger partial charge on any atom is -0.0764 e. The van der Waals surface area contributed by atoms with E-state index < -0.39 is 0 Å². The molecule has 2 aliphatic carbocycles. The number of hydrogen-bond donors (Lipinski definition) is 0. The van der Waals surface area contributed by atoms with Gasteiger partial charge in [0.05, 0.1) is 0 Å². The summed E-state index contributed by atoms with van der Waals surface area (Å²) < 4.78 is 0.